The first-order valence-corrected chi connectivity index (χ1v) is 7.73. The number of nitrogens with zero attached hydrogens (tertiary/aromatic N) is 2. The van der Waals surface area contributed by atoms with E-state index in [2.05, 4.69) is 44.6 Å². The molecule has 118 valence electrons. The van der Waals surface area contributed by atoms with Gasteiger partial charge in [0.05, 0.1) is 5.69 Å². The van der Waals surface area contributed by atoms with Crippen molar-refractivity contribution in [3.63, 3.8) is 0 Å². The lowest BCUT2D eigenvalue weighted by atomic mass is 9.85. The van der Waals surface area contributed by atoms with Gasteiger partial charge in [0.25, 0.3) is 0 Å². The summed E-state index contributed by atoms with van der Waals surface area (Å²) < 4.78 is 0. The first kappa shape index (κ1) is 16.5. The van der Waals surface area contributed by atoms with Crippen LogP contribution in [0.25, 0.3) is 0 Å². The standard InChI is InChI=1S/C19H26N2O/c1-14(17-11-6-7-12-20-17)21(5)13-15-9-8-10-16(18(15)22)19(2,3)4/h6-12,14,22H,13H2,1-5H3. The van der Waals surface area contributed by atoms with Crippen LogP contribution in [0.15, 0.2) is 42.6 Å². The molecule has 1 N–H and O–H groups in total. The van der Waals surface area contributed by atoms with Crippen LogP contribution in [-0.4, -0.2) is 22.0 Å². The van der Waals surface area contributed by atoms with Crippen LogP contribution >= 0.6 is 0 Å². The van der Waals surface area contributed by atoms with E-state index in [0.717, 1.165) is 16.8 Å². The third-order valence-electron chi connectivity index (χ3n) is 4.12. The number of aromatic hydroxyl groups is 1. The van der Waals surface area contributed by atoms with Gasteiger partial charge >= 0.3 is 0 Å². The minimum absolute atomic E-state index is 0.0642. The third-order valence-corrected chi connectivity index (χ3v) is 4.12. The lowest BCUT2D eigenvalue weighted by Gasteiger charge is -2.27. The highest BCUT2D eigenvalue weighted by molar-refractivity contribution is 5.44. The normalized spacial score (nSPS) is 13.4. The Hall–Kier alpha value is -1.87. The van der Waals surface area contributed by atoms with Crippen LogP contribution in [0.2, 0.25) is 0 Å². The topological polar surface area (TPSA) is 36.4 Å². The molecular formula is C19H26N2O. The molecule has 1 aromatic carbocycles. The number of rotatable bonds is 4. The van der Waals surface area contributed by atoms with Gasteiger partial charge in [-0.15, -0.1) is 0 Å². The Labute approximate surface area is 133 Å². The lowest BCUT2D eigenvalue weighted by Crippen LogP contribution is -2.23. The zero-order chi connectivity index (χ0) is 16.3. The molecule has 0 aliphatic heterocycles. The fraction of sp³-hybridized carbons (Fsp3) is 0.421. The number of pyridine rings is 1. The number of hydrogen-bond acceptors (Lipinski definition) is 3. The SMILES string of the molecule is CC(c1ccccn1)N(C)Cc1cccc(C(C)(C)C)c1O. The van der Waals surface area contributed by atoms with Gasteiger partial charge in [-0.3, -0.25) is 9.88 Å². The summed E-state index contributed by atoms with van der Waals surface area (Å²) in [5.41, 5.74) is 2.92. The zero-order valence-electron chi connectivity index (χ0n) is 14.2. The van der Waals surface area contributed by atoms with E-state index >= 15 is 0 Å². The summed E-state index contributed by atoms with van der Waals surface area (Å²) in [4.78, 5) is 6.61. The summed E-state index contributed by atoms with van der Waals surface area (Å²) >= 11 is 0. The maximum atomic E-state index is 10.6. The van der Waals surface area contributed by atoms with Crippen LogP contribution in [0, 0.1) is 0 Å². The van der Waals surface area contributed by atoms with Crippen molar-refractivity contribution in [2.75, 3.05) is 7.05 Å². The van der Waals surface area contributed by atoms with Gasteiger partial charge in [-0.05, 0) is 37.1 Å². The summed E-state index contributed by atoms with van der Waals surface area (Å²) in [5.74, 6) is 0.412. The second-order valence-electron chi connectivity index (χ2n) is 6.91. The third kappa shape index (κ3) is 3.66. The number of phenolic OH excluding ortho intramolecular Hbond substituents is 1. The number of para-hydroxylation sites is 1. The highest BCUT2D eigenvalue weighted by Crippen LogP contribution is 2.34. The number of hydrogen-bond donors (Lipinski definition) is 1. The summed E-state index contributed by atoms with van der Waals surface area (Å²) in [7, 11) is 2.06. The van der Waals surface area contributed by atoms with E-state index in [-0.39, 0.29) is 11.5 Å². The fourth-order valence-corrected chi connectivity index (χ4v) is 2.58. The monoisotopic (exact) mass is 298 g/mol. The quantitative estimate of drug-likeness (QED) is 0.915. The van der Waals surface area contributed by atoms with Gasteiger partial charge in [-0.25, -0.2) is 0 Å². The maximum Gasteiger partial charge on any atom is 0.123 e. The highest BCUT2D eigenvalue weighted by atomic mass is 16.3. The summed E-state index contributed by atoms with van der Waals surface area (Å²) in [6, 6.07) is 12.2. The van der Waals surface area contributed by atoms with Gasteiger partial charge in [0.15, 0.2) is 0 Å². The van der Waals surface area contributed by atoms with Crippen LogP contribution in [0.4, 0.5) is 0 Å². The maximum absolute atomic E-state index is 10.6. The molecule has 0 fully saturated rings. The molecule has 3 nitrogen and oxygen atoms in total. The Kier molecular flexibility index (Phi) is 4.87. The number of phenols is 1. The van der Waals surface area contributed by atoms with Gasteiger partial charge < -0.3 is 5.11 Å². The van der Waals surface area contributed by atoms with Crippen molar-refractivity contribution in [3.05, 3.63) is 59.4 Å². The Morgan fingerprint density at radius 3 is 2.45 bits per heavy atom. The Bertz CT molecular complexity index is 617. The smallest absolute Gasteiger partial charge is 0.123 e. The Morgan fingerprint density at radius 2 is 1.86 bits per heavy atom. The minimum atomic E-state index is -0.0642. The molecule has 0 amide bonds. The first-order chi connectivity index (χ1) is 10.3. The van der Waals surface area contributed by atoms with Crippen molar-refractivity contribution in [2.45, 2.75) is 45.7 Å². The van der Waals surface area contributed by atoms with Gasteiger partial charge in [0.2, 0.25) is 0 Å². The minimum Gasteiger partial charge on any atom is -0.507 e. The number of benzene rings is 1. The summed E-state index contributed by atoms with van der Waals surface area (Å²) in [6.07, 6.45) is 1.82. The van der Waals surface area contributed by atoms with Crippen molar-refractivity contribution in [1.82, 2.24) is 9.88 Å². The molecule has 1 heterocycles. The molecule has 2 rings (SSSR count). The summed E-state index contributed by atoms with van der Waals surface area (Å²) in [5, 5.41) is 10.6. The van der Waals surface area contributed by atoms with Crippen molar-refractivity contribution in [1.29, 1.82) is 0 Å². The lowest BCUT2D eigenvalue weighted by molar-refractivity contribution is 0.245. The van der Waals surface area contributed by atoms with Crippen LogP contribution in [0.1, 0.15) is 50.6 Å². The fourth-order valence-electron chi connectivity index (χ4n) is 2.58. The highest BCUT2D eigenvalue weighted by Gasteiger charge is 2.21. The molecule has 3 heteroatoms. The molecule has 1 atom stereocenters. The van der Waals surface area contributed by atoms with Crippen molar-refractivity contribution in [2.24, 2.45) is 0 Å². The average molecular weight is 298 g/mol. The molecule has 1 unspecified atom stereocenters. The van der Waals surface area contributed by atoms with Crippen LogP contribution in [-0.2, 0) is 12.0 Å². The van der Waals surface area contributed by atoms with E-state index in [4.69, 9.17) is 0 Å². The van der Waals surface area contributed by atoms with Crippen LogP contribution in [0.3, 0.4) is 0 Å². The van der Waals surface area contributed by atoms with Crippen molar-refractivity contribution >= 4 is 0 Å². The molecular weight excluding hydrogens is 272 g/mol. The second-order valence-corrected chi connectivity index (χ2v) is 6.91. The summed E-state index contributed by atoms with van der Waals surface area (Å²) in [6.45, 7) is 9.17. The number of aromatic nitrogens is 1. The van der Waals surface area contributed by atoms with E-state index in [1.165, 1.54) is 0 Å². The van der Waals surface area contributed by atoms with E-state index in [1.807, 2.05) is 42.6 Å². The van der Waals surface area contributed by atoms with Crippen molar-refractivity contribution in [3.8, 4) is 5.75 Å². The zero-order valence-corrected chi connectivity index (χ0v) is 14.2. The molecule has 0 saturated heterocycles. The van der Waals surface area contributed by atoms with Crippen LogP contribution < -0.4 is 0 Å². The molecule has 0 spiro atoms. The molecule has 0 bridgehead atoms. The van der Waals surface area contributed by atoms with Gasteiger partial charge in [-0.1, -0.05) is 45.0 Å². The predicted molar refractivity (Wildman–Crippen MR) is 90.9 cm³/mol. The largest absolute Gasteiger partial charge is 0.507 e. The predicted octanol–water partition coefficient (Wildman–Crippen LogP) is 4.28. The molecule has 2 aromatic rings. The molecule has 1 aromatic heterocycles. The first-order valence-electron chi connectivity index (χ1n) is 7.73. The molecule has 0 aliphatic rings. The van der Waals surface area contributed by atoms with E-state index < -0.39 is 0 Å². The Morgan fingerprint density at radius 1 is 1.14 bits per heavy atom. The van der Waals surface area contributed by atoms with Gasteiger partial charge in [-0.2, -0.15) is 0 Å². The van der Waals surface area contributed by atoms with Crippen molar-refractivity contribution < 1.29 is 5.11 Å². The van der Waals surface area contributed by atoms with Gasteiger partial charge in [0.1, 0.15) is 5.75 Å². The van der Waals surface area contributed by atoms with E-state index in [0.29, 0.717) is 12.3 Å². The van der Waals surface area contributed by atoms with E-state index in [9.17, 15) is 5.11 Å². The average Bonchev–Trinajstić information content (AvgIpc) is 2.48. The molecule has 0 saturated carbocycles. The molecule has 22 heavy (non-hydrogen) atoms. The van der Waals surface area contributed by atoms with E-state index in [1.54, 1.807) is 0 Å². The molecule has 0 radical (unpaired) electrons. The second kappa shape index (κ2) is 6.49. The molecule has 0 aliphatic carbocycles. The van der Waals surface area contributed by atoms with Gasteiger partial charge in [0, 0.05) is 24.3 Å². The van der Waals surface area contributed by atoms with Crippen LogP contribution in [0.5, 0.6) is 5.75 Å². The Balaban J connectivity index is 2.21.